The second-order valence-corrected chi connectivity index (χ2v) is 5.83. The van der Waals surface area contributed by atoms with Crippen molar-refractivity contribution in [3.63, 3.8) is 0 Å². The molecule has 1 aliphatic carbocycles. The van der Waals surface area contributed by atoms with Crippen molar-refractivity contribution in [3.05, 3.63) is 11.4 Å². The van der Waals surface area contributed by atoms with Crippen LogP contribution in [0.2, 0.25) is 0 Å². The number of carbonyl (C=O) groups is 1. The van der Waals surface area contributed by atoms with E-state index in [4.69, 9.17) is 5.73 Å². The fourth-order valence-electron chi connectivity index (χ4n) is 2.97. The number of carbonyl (C=O) groups excluding carboxylic acids is 1. The second-order valence-electron chi connectivity index (χ2n) is 5.83. The zero-order valence-corrected chi connectivity index (χ0v) is 12.6. The van der Waals surface area contributed by atoms with Gasteiger partial charge in [-0.1, -0.05) is 19.8 Å². The number of aromatic nitrogens is 2. The Kier molecular flexibility index (Phi) is 4.32. The van der Waals surface area contributed by atoms with Crippen LogP contribution in [0.3, 0.4) is 0 Å². The number of rotatable bonds is 5. The van der Waals surface area contributed by atoms with Crippen LogP contribution in [0.25, 0.3) is 0 Å². The van der Waals surface area contributed by atoms with Crippen LogP contribution in [0.1, 0.15) is 48.8 Å². The van der Waals surface area contributed by atoms with Gasteiger partial charge < -0.3 is 16.0 Å². The standard InChI is InChI=1S/C14H25N5O/c1-4-10-11(15)12(18-17-10)13(20)16-9-14(19(2)3)7-5-6-8-14/h4-9,15H2,1-3H3,(H,16,20)(H,17,18). The molecule has 1 fully saturated rings. The quantitative estimate of drug-likeness (QED) is 0.755. The summed E-state index contributed by atoms with van der Waals surface area (Å²) in [4.78, 5) is 14.5. The maximum absolute atomic E-state index is 12.2. The Bertz CT molecular complexity index is 474. The first-order valence-electron chi connectivity index (χ1n) is 7.28. The third-order valence-electron chi connectivity index (χ3n) is 4.51. The molecule has 20 heavy (non-hydrogen) atoms. The number of nitrogens with one attached hydrogen (secondary N) is 2. The maximum atomic E-state index is 12.2. The van der Waals surface area contributed by atoms with E-state index < -0.39 is 0 Å². The summed E-state index contributed by atoms with van der Waals surface area (Å²) in [6.45, 7) is 2.62. The summed E-state index contributed by atoms with van der Waals surface area (Å²) in [6.07, 6.45) is 5.43. The minimum atomic E-state index is -0.188. The monoisotopic (exact) mass is 279 g/mol. The van der Waals surface area contributed by atoms with Crippen molar-refractivity contribution in [2.75, 3.05) is 26.4 Å². The molecule has 1 saturated carbocycles. The van der Waals surface area contributed by atoms with Crippen LogP contribution in [0, 0.1) is 0 Å². The van der Waals surface area contributed by atoms with Crippen molar-refractivity contribution < 1.29 is 4.79 Å². The van der Waals surface area contributed by atoms with Gasteiger partial charge in [-0.25, -0.2) is 0 Å². The second kappa shape index (κ2) is 5.83. The molecule has 6 heteroatoms. The van der Waals surface area contributed by atoms with E-state index in [1.54, 1.807) is 0 Å². The molecule has 0 aromatic carbocycles. The molecule has 1 amide bonds. The van der Waals surface area contributed by atoms with E-state index in [0.29, 0.717) is 17.9 Å². The van der Waals surface area contributed by atoms with Gasteiger partial charge in [0, 0.05) is 12.1 Å². The zero-order valence-electron chi connectivity index (χ0n) is 12.6. The third kappa shape index (κ3) is 2.65. The van der Waals surface area contributed by atoms with E-state index in [1.165, 1.54) is 12.8 Å². The van der Waals surface area contributed by atoms with Gasteiger partial charge in [-0.2, -0.15) is 5.10 Å². The molecule has 0 unspecified atom stereocenters. The average molecular weight is 279 g/mol. The fraction of sp³-hybridized carbons (Fsp3) is 0.714. The predicted molar refractivity (Wildman–Crippen MR) is 79.6 cm³/mol. The number of nitrogen functional groups attached to an aromatic ring is 1. The normalized spacial score (nSPS) is 17.6. The smallest absolute Gasteiger partial charge is 0.274 e. The van der Waals surface area contributed by atoms with Gasteiger partial charge in [-0.05, 0) is 33.4 Å². The highest BCUT2D eigenvalue weighted by molar-refractivity contribution is 5.97. The summed E-state index contributed by atoms with van der Waals surface area (Å²) in [5.41, 5.74) is 7.60. The number of nitrogens with zero attached hydrogens (tertiary/aromatic N) is 2. The molecule has 1 aromatic rings. The van der Waals surface area contributed by atoms with Crippen molar-refractivity contribution >= 4 is 11.6 Å². The predicted octanol–water partition coefficient (Wildman–Crippen LogP) is 1.16. The van der Waals surface area contributed by atoms with Crippen LogP contribution >= 0.6 is 0 Å². The molecule has 6 nitrogen and oxygen atoms in total. The van der Waals surface area contributed by atoms with E-state index >= 15 is 0 Å². The third-order valence-corrected chi connectivity index (χ3v) is 4.51. The largest absolute Gasteiger partial charge is 0.395 e. The van der Waals surface area contributed by atoms with Gasteiger partial charge in [0.2, 0.25) is 0 Å². The summed E-state index contributed by atoms with van der Waals surface area (Å²) in [7, 11) is 4.16. The lowest BCUT2D eigenvalue weighted by atomic mass is 9.96. The molecule has 1 aliphatic rings. The number of aryl methyl sites for hydroxylation is 1. The molecule has 2 rings (SSSR count). The molecule has 0 atom stereocenters. The molecule has 0 spiro atoms. The molecule has 1 heterocycles. The molecule has 4 N–H and O–H groups in total. The number of hydrogen-bond acceptors (Lipinski definition) is 4. The highest BCUT2D eigenvalue weighted by Gasteiger charge is 2.36. The summed E-state index contributed by atoms with van der Waals surface area (Å²) < 4.78 is 0. The highest BCUT2D eigenvalue weighted by Crippen LogP contribution is 2.33. The van der Waals surface area contributed by atoms with Crippen LogP contribution in [-0.4, -0.2) is 47.2 Å². The maximum Gasteiger partial charge on any atom is 0.274 e. The van der Waals surface area contributed by atoms with Crippen molar-refractivity contribution in [3.8, 4) is 0 Å². The van der Waals surface area contributed by atoms with Crippen LogP contribution < -0.4 is 11.1 Å². The Labute approximate surface area is 120 Å². The number of anilines is 1. The van der Waals surface area contributed by atoms with Crippen LogP contribution in [0.15, 0.2) is 0 Å². The highest BCUT2D eigenvalue weighted by atomic mass is 16.2. The fourth-order valence-corrected chi connectivity index (χ4v) is 2.97. The number of aromatic amines is 1. The molecule has 0 saturated heterocycles. The number of H-pyrrole nitrogens is 1. The average Bonchev–Trinajstić information content (AvgIpc) is 3.03. The van der Waals surface area contributed by atoms with Gasteiger partial charge in [0.1, 0.15) is 0 Å². The Hall–Kier alpha value is -1.56. The minimum Gasteiger partial charge on any atom is -0.395 e. The molecule has 0 bridgehead atoms. The van der Waals surface area contributed by atoms with Crippen molar-refractivity contribution in [1.82, 2.24) is 20.4 Å². The summed E-state index contributed by atoms with van der Waals surface area (Å²) in [6, 6.07) is 0. The molecule has 1 aromatic heterocycles. The summed E-state index contributed by atoms with van der Waals surface area (Å²) in [5.74, 6) is -0.188. The molecule has 0 aliphatic heterocycles. The van der Waals surface area contributed by atoms with Gasteiger partial charge in [0.15, 0.2) is 5.69 Å². The van der Waals surface area contributed by atoms with Crippen molar-refractivity contribution in [1.29, 1.82) is 0 Å². The van der Waals surface area contributed by atoms with Gasteiger partial charge >= 0.3 is 0 Å². The van der Waals surface area contributed by atoms with E-state index in [0.717, 1.165) is 25.0 Å². The summed E-state index contributed by atoms with van der Waals surface area (Å²) >= 11 is 0. The van der Waals surface area contributed by atoms with Crippen LogP contribution in [-0.2, 0) is 6.42 Å². The van der Waals surface area contributed by atoms with Crippen LogP contribution in [0.5, 0.6) is 0 Å². The number of likely N-dealkylation sites (N-methyl/N-ethyl adjacent to an activating group) is 1. The number of hydrogen-bond donors (Lipinski definition) is 3. The van der Waals surface area contributed by atoms with E-state index in [1.807, 2.05) is 6.92 Å². The summed E-state index contributed by atoms with van der Waals surface area (Å²) in [5, 5.41) is 9.84. The van der Waals surface area contributed by atoms with Crippen molar-refractivity contribution in [2.45, 2.75) is 44.6 Å². The van der Waals surface area contributed by atoms with Gasteiger partial charge in [-0.3, -0.25) is 9.89 Å². The van der Waals surface area contributed by atoms with Gasteiger partial charge in [0.25, 0.3) is 5.91 Å². The van der Waals surface area contributed by atoms with E-state index in [2.05, 4.69) is 34.5 Å². The first-order valence-corrected chi connectivity index (χ1v) is 7.28. The number of nitrogens with two attached hydrogens (primary N) is 1. The first kappa shape index (κ1) is 14.8. The zero-order chi connectivity index (χ0) is 14.8. The minimum absolute atomic E-state index is 0.0777. The Morgan fingerprint density at radius 1 is 1.45 bits per heavy atom. The Morgan fingerprint density at radius 3 is 2.60 bits per heavy atom. The van der Waals surface area contributed by atoms with Gasteiger partial charge in [-0.15, -0.1) is 0 Å². The topological polar surface area (TPSA) is 87.0 Å². The van der Waals surface area contributed by atoms with E-state index in [9.17, 15) is 4.79 Å². The first-order chi connectivity index (χ1) is 9.50. The van der Waals surface area contributed by atoms with Crippen LogP contribution in [0.4, 0.5) is 5.69 Å². The molecule has 0 radical (unpaired) electrons. The Balaban J connectivity index is 2.02. The lowest BCUT2D eigenvalue weighted by molar-refractivity contribution is 0.0896. The SMILES string of the molecule is CCc1[nH]nc(C(=O)NCC2(N(C)C)CCCC2)c1N. The molecular weight excluding hydrogens is 254 g/mol. The lowest BCUT2D eigenvalue weighted by Crippen LogP contribution is -2.50. The van der Waals surface area contributed by atoms with E-state index in [-0.39, 0.29) is 11.4 Å². The molecule has 112 valence electrons. The molecular formula is C14H25N5O. The number of amides is 1. The van der Waals surface area contributed by atoms with Gasteiger partial charge in [0.05, 0.1) is 11.4 Å². The Morgan fingerprint density at radius 2 is 2.10 bits per heavy atom. The lowest BCUT2D eigenvalue weighted by Gasteiger charge is -2.36. The van der Waals surface area contributed by atoms with Crippen molar-refractivity contribution in [2.24, 2.45) is 0 Å².